The molecular formula is C12H9ClF2N2O2S. The quantitative estimate of drug-likeness (QED) is 0.854. The largest absolute Gasteiger partial charge is 0.395 e. The number of para-hydroxylation sites is 1. The van der Waals surface area contributed by atoms with Gasteiger partial charge in [-0.3, -0.25) is 4.72 Å². The standard InChI is InChI=1S/C12H9ClF2N2O2S/c13-8-6-7(14)4-5-10(8)17-20(18,19)11-3-1-2-9(15)12(11)16/h1-6,17H,16H2. The molecule has 0 aromatic heterocycles. The molecule has 2 rings (SSSR count). The third-order valence-corrected chi connectivity index (χ3v) is 4.21. The highest BCUT2D eigenvalue weighted by atomic mass is 35.5. The molecule has 8 heteroatoms. The van der Waals surface area contributed by atoms with E-state index in [4.69, 9.17) is 17.3 Å². The molecule has 2 aromatic carbocycles. The van der Waals surface area contributed by atoms with E-state index in [1.807, 2.05) is 0 Å². The molecular weight excluding hydrogens is 310 g/mol. The number of rotatable bonds is 3. The monoisotopic (exact) mass is 318 g/mol. The summed E-state index contributed by atoms with van der Waals surface area (Å²) < 4.78 is 52.5. The molecule has 0 aliphatic rings. The summed E-state index contributed by atoms with van der Waals surface area (Å²) in [6, 6.07) is 6.56. The van der Waals surface area contributed by atoms with Crippen LogP contribution in [-0.2, 0) is 10.0 Å². The van der Waals surface area contributed by atoms with Gasteiger partial charge in [0.05, 0.1) is 16.4 Å². The number of hydrogen-bond donors (Lipinski definition) is 2. The van der Waals surface area contributed by atoms with Crippen LogP contribution in [0.1, 0.15) is 0 Å². The summed E-state index contributed by atoms with van der Waals surface area (Å²) in [6.45, 7) is 0. The van der Waals surface area contributed by atoms with Crippen LogP contribution in [-0.4, -0.2) is 8.42 Å². The zero-order chi connectivity index (χ0) is 14.9. The van der Waals surface area contributed by atoms with Crippen molar-refractivity contribution >= 4 is 33.0 Å². The predicted molar refractivity (Wildman–Crippen MR) is 73.0 cm³/mol. The number of halogens is 3. The van der Waals surface area contributed by atoms with Crippen molar-refractivity contribution in [3.63, 3.8) is 0 Å². The number of nitrogens with one attached hydrogen (secondary N) is 1. The second-order valence-electron chi connectivity index (χ2n) is 3.88. The predicted octanol–water partition coefficient (Wildman–Crippen LogP) is 3.00. The fraction of sp³-hybridized carbons (Fsp3) is 0. The first-order chi connectivity index (χ1) is 9.31. The van der Waals surface area contributed by atoms with E-state index in [2.05, 4.69) is 4.72 Å². The van der Waals surface area contributed by atoms with Crippen molar-refractivity contribution in [2.24, 2.45) is 0 Å². The van der Waals surface area contributed by atoms with Crippen molar-refractivity contribution in [3.8, 4) is 0 Å². The minimum absolute atomic E-state index is 0.0308. The SMILES string of the molecule is Nc1c(F)cccc1S(=O)(=O)Nc1ccc(F)cc1Cl. The number of nitrogen functional groups attached to an aromatic ring is 1. The summed E-state index contributed by atoms with van der Waals surface area (Å²) in [5, 5.41) is -0.122. The molecule has 0 radical (unpaired) electrons. The van der Waals surface area contributed by atoms with E-state index in [0.29, 0.717) is 0 Å². The van der Waals surface area contributed by atoms with Crippen LogP contribution in [0.2, 0.25) is 5.02 Å². The summed E-state index contributed by atoms with van der Waals surface area (Å²) >= 11 is 5.72. The first kappa shape index (κ1) is 14.5. The molecule has 2 aromatic rings. The van der Waals surface area contributed by atoms with Gasteiger partial charge in [-0.25, -0.2) is 17.2 Å². The van der Waals surface area contributed by atoms with Crippen molar-refractivity contribution in [1.82, 2.24) is 0 Å². The van der Waals surface area contributed by atoms with Crippen LogP contribution in [0.4, 0.5) is 20.2 Å². The lowest BCUT2D eigenvalue weighted by molar-refractivity contribution is 0.597. The average molecular weight is 319 g/mol. The van der Waals surface area contributed by atoms with E-state index in [-0.39, 0.29) is 10.7 Å². The van der Waals surface area contributed by atoms with Crippen LogP contribution in [0.25, 0.3) is 0 Å². The van der Waals surface area contributed by atoms with E-state index in [0.717, 1.165) is 30.3 Å². The number of benzene rings is 2. The summed E-state index contributed by atoms with van der Waals surface area (Å²) in [5.41, 5.74) is 4.86. The Hall–Kier alpha value is -1.86. The molecule has 0 unspecified atom stereocenters. The lowest BCUT2D eigenvalue weighted by atomic mass is 10.3. The van der Waals surface area contributed by atoms with E-state index < -0.39 is 32.2 Å². The second kappa shape index (κ2) is 5.26. The Morgan fingerprint density at radius 2 is 1.85 bits per heavy atom. The van der Waals surface area contributed by atoms with E-state index in [1.54, 1.807) is 0 Å². The molecule has 0 aliphatic heterocycles. The van der Waals surface area contributed by atoms with Gasteiger partial charge in [0.25, 0.3) is 10.0 Å². The highest BCUT2D eigenvalue weighted by Crippen LogP contribution is 2.27. The maximum absolute atomic E-state index is 13.3. The third-order valence-electron chi connectivity index (χ3n) is 2.48. The maximum Gasteiger partial charge on any atom is 0.264 e. The number of anilines is 2. The fourth-order valence-electron chi connectivity index (χ4n) is 1.52. The Bertz CT molecular complexity index is 766. The van der Waals surface area contributed by atoms with Gasteiger partial charge in [0, 0.05) is 0 Å². The number of hydrogen-bond acceptors (Lipinski definition) is 3. The van der Waals surface area contributed by atoms with Crippen molar-refractivity contribution < 1.29 is 17.2 Å². The first-order valence-corrected chi connectivity index (χ1v) is 7.19. The Kier molecular flexibility index (Phi) is 3.82. The van der Waals surface area contributed by atoms with Gasteiger partial charge in [0.1, 0.15) is 16.5 Å². The van der Waals surface area contributed by atoms with E-state index >= 15 is 0 Å². The van der Waals surface area contributed by atoms with Crippen molar-refractivity contribution in [1.29, 1.82) is 0 Å². The summed E-state index contributed by atoms with van der Waals surface area (Å²) in [6.07, 6.45) is 0. The Morgan fingerprint density at radius 3 is 2.50 bits per heavy atom. The zero-order valence-corrected chi connectivity index (χ0v) is 11.5. The van der Waals surface area contributed by atoms with Gasteiger partial charge in [0.2, 0.25) is 0 Å². The van der Waals surface area contributed by atoms with Crippen LogP contribution < -0.4 is 10.5 Å². The Labute approximate surface area is 119 Å². The minimum Gasteiger partial charge on any atom is -0.395 e. The Morgan fingerprint density at radius 1 is 1.15 bits per heavy atom. The lowest BCUT2D eigenvalue weighted by Gasteiger charge is -2.11. The molecule has 106 valence electrons. The van der Waals surface area contributed by atoms with Crippen molar-refractivity contribution in [2.75, 3.05) is 10.5 Å². The molecule has 0 heterocycles. The lowest BCUT2D eigenvalue weighted by Crippen LogP contribution is -2.15. The van der Waals surface area contributed by atoms with Gasteiger partial charge in [-0.1, -0.05) is 17.7 Å². The van der Waals surface area contributed by atoms with Crippen LogP contribution in [0.15, 0.2) is 41.3 Å². The summed E-state index contributed by atoms with van der Waals surface area (Å²) in [5.74, 6) is -1.46. The number of nitrogens with two attached hydrogens (primary N) is 1. The van der Waals surface area contributed by atoms with Gasteiger partial charge >= 0.3 is 0 Å². The smallest absolute Gasteiger partial charge is 0.264 e. The molecule has 0 spiro atoms. The Balaban J connectivity index is 2.44. The normalized spacial score (nSPS) is 11.3. The maximum atomic E-state index is 13.3. The molecule has 4 nitrogen and oxygen atoms in total. The van der Waals surface area contributed by atoms with E-state index in [9.17, 15) is 17.2 Å². The topological polar surface area (TPSA) is 72.2 Å². The van der Waals surface area contributed by atoms with Crippen LogP contribution in [0.3, 0.4) is 0 Å². The van der Waals surface area contributed by atoms with Crippen LogP contribution in [0.5, 0.6) is 0 Å². The molecule has 0 atom stereocenters. The molecule has 0 fully saturated rings. The molecule has 0 amide bonds. The van der Waals surface area contributed by atoms with Gasteiger partial charge in [-0.2, -0.15) is 0 Å². The van der Waals surface area contributed by atoms with Gasteiger partial charge < -0.3 is 5.73 Å². The van der Waals surface area contributed by atoms with Gasteiger partial charge in [0.15, 0.2) is 0 Å². The average Bonchev–Trinajstić information content (AvgIpc) is 2.36. The molecule has 0 saturated heterocycles. The highest BCUT2D eigenvalue weighted by molar-refractivity contribution is 7.92. The highest BCUT2D eigenvalue weighted by Gasteiger charge is 2.20. The summed E-state index contributed by atoms with van der Waals surface area (Å²) in [7, 11) is -4.12. The van der Waals surface area contributed by atoms with Gasteiger partial charge in [-0.05, 0) is 30.3 Å². The van der Waals surface area contributed by atoms with E-state index in [1.165, 1.54) is 6.07 Å². The third kappa shape index (κ3) is 2.83. The van der Waals surface area contributed by atoms with Crippen LogP contribution in [0, 0.1) is 11.6 Å². The van der Waals surface area contributed by atoms with Gasteiger partial charge in [-0.15, -0.1) is 0 Å². The first-order valence-electron chi connectivity index (χ1n) is 5.33. The number of sulfonamides is 1. The van der Waals surface area contributed by atoms with Crippen molar-refractivity contribution in [2.45, 2.75) is 4.90 Å². The van der Waals surface area contributed by atoms with Crippen LogP contribution >= 0.6 is 11.6 Å². The molecule has 0 saturated carbocycles. The molecule has 3 N–H and O–H groups in total. The summed E-state index contributed by atoms with van der Waals surface area (Å²) in [4.78, 5) is -0.419. The minimum atomic E-state index is -4.12. The molecule has 20 heavy (non-hydrogen) atoms. The zero-order valence-electron chi connectivity index (χ0n) is 9.90. The van der Waals surface area contributed by atoms with Crippen molar-refractivity contribution in [3.05, 3.63) is 53.1 Å². The fourth-order valence-corrected chi connectivity index (χ4v) is 3.02. The second-order valence-corrected chi connectivity index (χ2v) is 5.94. The molecule has 0 aliphatic carbocycles. The molecule has 0 bridgehead atoms.